The zero-order valence-electron chi connectivity index (χ0n) is 22.0. The fourth-order valence-electron chi connectivity index (χ4n) is 6.69. The molecule has 2 aliphatic heterocycles. The number of ether oxygens (including phenoxy) is 1. The minimum Gasteiger partial charge on any atom is -0.496 e. The molecule has 0 aliphatic carbocycles. The molecule has 7 heteroatoms. The van der Waals surface area contributed by atoms with Crippen LogP contribution in [-0.4, -0.2) is 58.3 Å². The second-order valence-corrected chi connectivity index (χ2v) is 10.7. The summed E-state index contributed by atoms with van der Waals surface area (Å²) in [7, 11) is 1.67. The van der Waals surface area contributed by atoms with Crippen molar-refractivity contribution in [1.29, 1.82) is 0 Å². The lowest BCUT2D eigenvalue weighted by Crippen LogP contribution is -2.67. The predicted molar refractivity (Wildman–Crippen MR) is 151 cm³/mol. The Hall–Kier alpha value is -4.52. The Morgan fingerprint density at radius 1 is 0.949 bits per heavy atom. The SMILES string of the molecule is COc1ccccc1[C@H]1CN2C(=O)CN(CCc3c[nH]c4ccccc34)C(=O)[C@]2(C)c2[nH]c3ccccc3c21. The summed E-state index contributed by atoms with van der Waals surface area (Å²) in [5.74, 6) is 0.557. The lowest BCUT2D eigenvalue weighted by Gasteiger charge is -2.51. The summed E-state index contributed by atoms with van der Waals surface area (Å²) < 4.78 is 5.73. The topological polar surface area (TPSA) is 81.4 Å². The van der Waals surface area contributed by atoms with Crippen molar-refractivity contribution in [3.8, 4) is 5.75 Å². The van der Waals surface area contributed by atoms with Gasteiger partial charge in [-0.3, -0.25) is 9.59 Å². The maximum atomic E-state index is 14.3. The number of carbonyl (C=O) groups excluding carboxylic acids is 2. The summed E-state index contributed by atoms with van der Waals surface area (Å²) in [6.07, 6.45) is 2.67. The number of hydrogen-bond donors (Lipinski definition) is 2. The summed E-state index contributed by atoms with van der Waals surface area (Å²) in [5, 5.41) is 2.22. The van der Waals surface area contributed by atoms with E-state index in [-0.39, 0.29) is 24.3 Å². The summed E-state index contributed by atoms with van der Waals surface area (Å²) >= 11 is 0. The highest BCUT2D eigenvalue weighted by Crippen LogP contribution is 2.49. The number of fused-ring (bicyclic) bond motifs is 6. The monoisotopic (exact) mass is 518 g/mol. The average molecular weight is 519 g/mol. The summed E-state index contributed by atoms with van der Waals surface area (Å²) in [5.41, 5.74) is 4.92. The first-order chi connectivity index (χ1) is 19.0. The lowest BCUT2D eigenvalue weighted by molar-refractivity contribution is -0.166. The molecule has 0 spiro atoms. The molecule has 2 aliphatic rings. The van der Waals surface area contributed by atoms with E-state index in [0.29, 0.717) is 19.5 Å². The fourth-order valence-corrected chi connectivity index (χ4v) is 6.69. The Kier molecular flexibility index (Phi) is 5.30. The van der Waals surface area contributed by atoms with E-state index in [4.69, 9.17) is 4.74 Å². The Bertz CT molecular complexity index is 1750. The van der Waals surface area contributed by atoms with Crippen LogP contribution in [0.1, 0.15) is 35.2 Å². The van der Waals surface area contributed by atoms with Crippen molar-refractivity contribution in [3.63, 3.8) is 0 Å². The van der Waals surface area contributed by atoms with Gasteiger partial charge in [0.15, 0.2) is 5.54 Å². The maximum Gasteiger partial charge on any atom is 0.254 e. The Balaban J connectivity index is 1.31. The molecule has 0 radical (unpaired) electrons. The number of hydrogen-bond acceptors (Lipinski definition) is 3. The van der Waals surface area contributed by atoms with Crippen LogP contribution in [0.25, 0.3) is 21.8 Å². The molecule has 0 bridgehead atoms. The van der Waals surface area contributed by atoms with Crippen LogP contribution >= 0.6 is 0 Å². The molecule has 2 aromatic heterocycles. The number of benzene rings is 3. The van der Waals surface area contributed by atoms with E-state index in [1.54, 1.807) is 16.9 Å². The first kappa shape index (κ1) is 23.6. The first-order valence-corrected chi connectivity index (χ1v) is 13.4. The third-order valence-corrected chi connectivity index (χ3v) is 8.66. The molecule has 1 fully saturated rings. The highest BCUT2D eigenvalue weighted by atomic mass is 16.5. The molecule has 196 valence electrons. The van der Waals surface area contributed by atoms with Crippen LogP contribution in [0.4, 0.5) is 0 Å². The molecule has 7 nitrogen and oxygen atoms in total. The molecule has 39 heavy (non-hydrogen) atoms. The first-order valence-electron chi connectivity index (χ1n) is 13.4. The van der Waals surface area contributed by atoms with Gasteiger partial charge in [0, 0.05) is 52.6 Å². The van der Waals surface area contributed by atoms with Crippen molar-refractivity contribution in [2.45, 2.75) is 24.8 Å². The molecule has 3 aromatic carbocycles. The van der Waals surface area contributed by atoms with Crippen LogP contribution in [0.3, 0.4) is 0 Å². The van der Waals surface area contributed by atoms with Crippen LogP contribution < -0.4 is 4.74 Å². The van der Waals surface area contributed by atoms with Gasteiger partial charge in [-0.15, -0.1) is 0 Å². The van der Waals surface area contributed by atoms with Gasteiger partial charge in [0.05, 0.1) is 19.3 Å². The van der Waals surface area contributed by atoms with E-state index >= 15 is 0 Å². The lowest BCUT2D eigenvalue weighted by atomic mass is 9.76. The van der Waals surface area contributed by atoms with Crippen LogP contribution in [0, 0.1) is 0 Å². The largest absolute Gasteiger partial charge is 0.496 e. The van der Waals surface area contributed by atoms with E-state index in [1.165, 1.54) is 0 Å². The molecule has 1 saturated heterocycles. The molecule has 2 N–H and O–H groups in total. The van der Waals surface area contributed by atoms with Crippen molar-refractivity contribution in [2.75, 3.05) is 26.7 Å². The van der Waals surface area contributed by atoms with Crippen molar-refractivity contribution < 1.29 is 14.3 Å². The number of nitrogens with one attached hydrogen (secondary N) is 2. The van der Waals surface area contributed by atoms with E-state index in [0.717, 1.165) is 49.9 Å². The van der Waals surface area contributed by atoms with Crippen LogP contribution in [-0.2, 0) is 21.5 Å². The highest BCUT2D eigenvalue weighted by Gasteiger charge is 2.56. The molecule has 7 rings (SSSR count). The number of aromatic amines is 2. The molecule has 5 aromatic rings. The van der Waals surface area contributed by atoms with Crippen molar-refractivity contribution in [2.24, 2.45) is 0 Å². The van der Waals surface area contributed by atoms with E-state index in [2.05, 4.69) is 28.2 Å². The van der Waals surface area contributed by atoms with Crippen molar-refractivity contribution in [3.05, 3.63) is 101 Å². The fraction of sp³-hybridized carbons (Fsp3) is 0.250. The summed E-state index contributed by atoms with van der Waals surface area (Å²) in [6, 6.07) is 24.2. The average Bonchev–Trinajstić information content (AvgIpc) is 3.57. The van der Waals surface area contributed by atoms with Crippen LogP contribution in [0.5, 0.6) is 5.75 Å². The van der Waals surface area contributed by atoms with Crippen LogP contribution in [0.15, 0.2) is 79.0 Å². The van der Waals surface area contributed by atoms with Gasteiger partial charge in [-0.2, -0.15) is 0 Å². The number of H-pyrrole nitrogens is 2. The summed E-state index contributed by atoms with van der Waals surface area (Å²) in [4.78, 5) is 38.5. The van der Waals surface area contributed by atoms with E-state index in [9.17, 15) is 9.59 Å². The van der Waals surface area contributed by atoms with Crippen molar-refractivity contribution in [1.82, 2.24) is 19.8 Å². The van der Waals surface area contributed by atoms with E-state index in [1.807, 2.05) is 67.7 Å². The minimum absolute atomic E-state index is 0.0415. The predicted octanol–water partition coefficient (Wildman–Crippen LogP) is 4.93. The summed E-state index contributed by atoms with van der Waals surface area (Å²) in [6.45, 7) is 2.86. The smallest absolute Gasteiger partial charge is 0.254 e. The highest BCUT2D eigenvalue weighted by molar-refractivity contribution is 6.01. The van der Waals surface area contributed by atoms with Crippen molar-refractivity contribution >= 4 is 33.6 Å². The van der Waals surface area contributed by atoms with Crippen LogP contribution in [0.2, 0.25) is 0 Å². The van der Waals surface area contributed by atoms with Gasteiger partial charge in [0.1, 0.15) is 5.75 Å². The molecule has 2 atom stereocenters. The second-order valence-electron chi connectivity index (χ2n) is 10.7. The maximum absolute atomic E-state index is 14.3. The number of methoxy groups -OCH3 is 1. The minimum atomic E-state index is -1.12. The zero-order chi connectivity index (χ0) is 26.7. The third-order valence-electron chi connectivity index (χ3n) is 8.66. The second kappa shape index (κ2) is 8.76. The number of rotatable bonds is 5. The van der Waals surface area contributed by atoms with Gasteiger partial charge in [-0.25, -0.2) is 0 Å². The third kappa shape index (κ3) is 3.42. The number of carbonyl (C=O) groups is 2. The van der Waals surface area contributed by atoms with Gasteiger partial charge in [0.2, 0.25) is 5.91 Å². The Labute approximate surface area is 226 Å². The molecule has 2 amide bonds. The normalized spacial score (nSPS) is 20.9. The van der Waals surface area contributed by atoms with Gasteiger partial charge in [-0.05, 0) is 42.7 Å². The molecule has 0 unspecified atom stereocenters. The number of piperazine rings is 1. The number of aromatic nitrogens is 2. The van der Waals surface area contributed by atoms with Gasteiger partial charge >= 0.3 is 0 Å². The molecular weight excluding hydrogens is 488 g/mol. The zero-order valence-corrected chi connectivity index (χ0v) is 22.0. The standard InChI is InChI=1S/C32H30N4O3/c1-32-30-29(23-11-4-7-13-26(23)34-30)24(22-10-5-8-14-27(22)39-2)18-36(32)28(37)19-35(31(32)38)16-15-20-17-33-25-12-6-3-9-21(20)25/h3-14,17,24,33-34H,15-16,18-19H2,1-2H3/t24-,32+/m1/s1. The Morgan fingerprint density at radius 2 is 1.67 bits per heavy atom. The molecule has 0 saturated carbocycles. The number of amides is 2. The van der Waals surface area contributed by atoms with Gasteiger partial charge in [0.25, 0.3) is 5.91 Å². The Morgan fingerprint density at radius 3 is 2.49 bits per heavy atom. The number of nitrogens with zero attached hydrogens (tertiary/aromatic N) is 2. The van der Waals surface area contributed by atoms with Gasteiger partial charge in [-0.1, -0.05) is 54.6 Å². The number of para-hydroxylation sites is 3. The molecular formula is C32H30N4O3. The molecule has 4 heterocycles. The van der Waals surface area contributed by atoms with Gasteiger partial charge < -0.3 is 24.5 Å². The quantitative estimate of drug-likeness (QED) is 0.346. The van der Waals surface area contributed by atoms with E-state index < -0.39 is 5.54 Å².